The Morgan fingerprint density at radius 2 is 1.60 bits per heavy atom. The lowest BCUT2D eigenvalue weighted by Crippen LogP contribution is -2.49. The molecule has 0 aliphatic heterocycles. The SMILES string of the molecule is COC(=O)C(C)NC(=O)NC(C)C(=O)O. The van der Waals surface area contributed by atoms with E-state index in [-0.39, 0.29) is 0 Å². The Labute approximate surface area is 86.8 Å². The number of hydrogen-bond donors (Lipinski definition) is 3. The summed E-state index contributed by atoms with van der Waals surface area (Å²) < 4.78 is 4.37. The number of rotatable bonds is 4. The highest BCUT2D eigenvalue weighted by atomic mass is 16.5. The molecule has 0 aliphatic carbocycles. The fourth-order valence-corrected chi connectivity index (χ4v) is 0.732. The second-order valence-corrected chi connectivity index (χ2v) is 2.92. The van der Waals surface area contributed by atoms with Crippen molar-refractivity contribution >= 4 is 18.0 Å². The monoisotopic (exact) mass is 218 g/mol. The molecule has 0 aromatic rings. The maximum Gasteiger partial charge on any atom is 0.328 e. The summed E-state index contributed by atoms with van der Waals surface area (Å²) in [6.45, 7) is 2.74. The summed E-state index contributed by atoms with van der Waals surface area (Å²) >= 11 is 0. The molecule has 7 nitrogen and oxygen atoms in total. The number of urea groups is 1. The van der Waals surface area contributed by atoms with Gasteiger partial charge in [0.1, 0.15) is 12.1 Å². The molecule has 2 unspecified atom stereocenters. The van der Waals surface area contributed by atoms with Gasteiger partial charge in [-0.25, -0.2) is 9.59 Å². The minimum atomic E-state index is -1.16. The standard InChI is InChI=1S/C8H14N2O5/c1-4(6(11)12)9-8(14)10-5(2)7(13)15-3/h4-5H,1-3H3,(H,11,12)(H2,9,10,14). The van der Waals surface area contributed by atoms with Gasteiger partial charge in [0.2, 0.25) is 0 Å². The van der Waals surface area contributed by atoms with Crippen LogP contribution in [0.4, 0.5) is 4.79 Å². The van der Waals surface area contributed by atoms with E-state index in [2.05, 4.69) is 15.4 Å². The highest BCUT2D eigenvalue weighted by Crippen LogP contribution is 1.87. The molecular weight excluding hydrogens is 204 g/mol. The van der Waals surface area contributed by atoms with Crippen LogP contribution in [0.25, 0.3) is 0 Å². The van der Waals surface area contributed by atoms with Gasteiger partial charge in [0.25, 0.3) is 0 Å². The number of amides is 2. The Hall–Kier alpha value is -1.79. The third-order valence-electron chi connectivity index (χ3n) is 1.62. The van der Waals surface area contributed by atoms with Crippen LogP contribution >= 0.6 is 0 Å². The van der Waals surface area contributed by atoms with Crippen LogP contribution in [0.15, 0.2) is 0 Å². The van der Waals surface area contributed by atoms with E-state index in [0.29, 0.717) is 0 Å². The average Bonchev–Trinajstić information content (AvgIpc) is 2.15. The average molecular weight is 218 g/mol. The smallest absolute Gasteiger partial charge is 0.328 e. The van der Waals surface area contributed by atoms with Gasteiger partial charge in [0.15, 0.2) is 0 Å². The molecule has 0 radical (unpaired) electrons. The summed E-state index contributed by atoms with van der Waals surface area (Å²) in [7, 11) is 1.19. The number of aliphatic carboxylic acids is 1. The first kappa shape index (κ1) is 13.2. The molecule has 0 aromatic carbocycles. The molecule has 0 saturated carbocycles. The molecule has 2 amide bonds. The molecule has 15 heavy (non-hydrogen) atoms. The van der Waals surface area contributed by atoms with Gasteiger partial charge in [0, 0.05) is 0 Å². The fourth-order valence-electron chi connectivity index (χ4n) is 0.732. The van der Waals surface area contributed by atoms with Crippen LogP contribution in [0.1, 0.15) is 13.8 Å². The molecule has 0 rings (SSSR count). The van der Waals surface area contributed by atoms with Crippen molar-refractivity contribution in [1.82, 2.24) is 10.6 Å². The van der Waals surface area contributed by atoms with Crippen LogP contribution in [0.2, 0.25) is 0 Å². The zero-order valence-corrected chi connectivity index (χ0v) is 8.73. The van der Waals surface area contributed by atoms with Crippen molar-refractivity contribution in [1.29, 1.82) is 0 Å². The number of esters is 1. The minimum Gasteiger partial charge on any atom is -0.480 e. The first-order chi connectivity index (χ1) is 6.88. The summed E-state index contributed by atoms with van der Waals surface area (Å²) in [6, 6.07) is -2.58. The zero-order valence-electron chi connectivity index (χ0n) is 8.73. The predicted molar refractivity (Wildman–Crippen MR) is 50.2 cm³/mol. The quantitative estimate of drug-likeness (QED) is 0.542. The van der Waals surface area contributed by atoms with Crippen molar-refractivity contribution in [2.24, 2.45) is 0 Å². The molecule has 0 saturated heterocycles. The van der Waals surface area contributed by atoms with Crippen LogP contribution in [0, 0.1) is 0 Å². The molecular formula is C8H14N2O5. The molecule has 86 valence electrons. The Morgan fingerprint density at radius 1 is 1.13 bits per heavy atom. The lowest BCUT2D eigenvalue weighted by Gasteiger charge is -2.14. The lowest BCUT2D eigenvalue weighted by atomic mass is 10.3. The highest BCUT2D eigenvalue weighted by Gasteiger charge is 2.18. The number of carboxylic acids is 1. The van der Waals surface area contributed by atoms with Gasteiger partial charge in [-0.15, -0.1) is 0 Å². The van der Waals surface area contributed by atoms with E-state index in [1.54, 1.807) is 0 Å². The molecule has 0 heterocycles. The third kappa shape index (κ3) is 4.84. The summed E-state index contributed by atoms with van der Waals surface area (Å²) in [5.74, 6) is -1.76. The maximum atomic E-state index is 11.1. The Balaban J connectivity index is 4.04. The van der Waals surface area contributed by atoms with E-state index in [1.165, 1.54) is 21.0 Å². The summed E-state index contributed by atoms with van der Waals surface area (Å²) in [5.41, 5.74) is 0. The van der Waals surface area contributed by atoms with Gasteiger partial charge in [-0.3, -0.25) is 4.79 Å². The number of hydrogen-bond acceptors (Lipinski definition) is 4. The van der Waals surface area contributed by atoms with Crippen LogP contribution < -0.4 is 10.6 Å². The molecule has 0 bridgehead atoms. The number of ether oxygens (including phenoxy) is 1. The Kier molecular flexibility index (Phi) is 5.14. The minimum absolute atomic E-state index is 0.604. The number of carbonyl (C=O) groups is 3. The number of nitrogens with one attached hydrogen (secondary N) is 2. The van der Waals surface area contributed by atoms with Crippen molar-refractivity contribution in [3.63, 3.8) is 0 Å². The van der Waals surface area contributed by atoms with Gasteiger partial charge < -0.3 is 20.5 Å². The normalized spacial score (nSPS) is 13.5. The van der Waals surface area contributed by atoms with E-state index in [1.807, 2.05) is 0 Å². The molecule has 7 heteroatoms. The van der Waals surface area contributed by atoms with Gasteiger partial charge in [0.05, 0.1) is 7.11 Å². The van der Waals surface area contributed by atoms with Crippen molar-refractivity contribution in [3.8, 4) is 0 Å². The van der Waals surface area contributed by atoms with Gasteiger partial charge in [-0.1, -0.05) is 0 Å². The van der Waals surface area contributed by atoms with E-state index in [4.69, 9.17) is 5.11 Å². The molecule has 3 N–H and O–H groups in total. The van der Waals surface area contributed by atoms with Crippen LogP contribution in [0.5, 0.6) is 0 Å². The fraction of sp³-hybridized carbons (Fsp3) is 0.625. The van der Waals surface area contributed by atoms with Gasteiger partial charge in [-0.05, 0) is 13.8 Å². The summed E-state index contributed by atoms with van der Waals surface area (Å²) in [5, 5.41) is 12.8. The summed E-state index contributed by atoms with van der Waals surface area (Å²) in [6.07, 6.45) is 0. The van der Waals surface area contributed by atoms with E-state index < -0.39 is 30.1 Å². The van der Waals surface area contributed by atoms with Crippen molar-refractivity contribution in [3.05, 3.63) is 0 Å². The molecule has 2 atom stereocenters. The predicted octanol–water partition coefficient (Wildman–Crippen LogP) is -0.680. The molecule has 0 fully saturated rings. The zero-order chi connectivity index (χ0) is 12.0. The third-order valence-corrected chi connectivity index (χ3v) is 1.62. The number of methoxy groups -OCH3 is 1. The van der Waals surface area contributed by atoms with E-state index in [9.17, 15) is 14.4 Å². The Bertz CT molecular complexity index is 266. The molecule has 0 aliphatic rings. The molecule has 0 aromatic heterocycles. The van der Waals surface area contributed by atoms with Crippen LogP contribution in [-0.2, 0) is 14.3 Å². The Morgan fingerprint density at radius 3 is 2.00 bits per heavy atom. The lowest BCUT2D eigenvalue weighted by molar-refractivity contribution is -0.142. The van der Waals surface area contributed by atoms with Crippen LogP contribution in [0.3, 0.4) is 0 Å². The largest absolute Gasteiger partial charge is 0.480 e. The van der Waals surface area contributed by atoms with Crippen molar-refractivity contribution in [2.45, 2.75) is 25.9 Å². The second kappa shape index (κ2) is 5.84. The van der Waals surface area contributed by atoms with Gasteiger partial charge in [-0.2, -0.15) is 0 Å². The second-order valence-electron chi connectivity index (χ2n) is 2.92. The van der Waals surface area contributed by atoms with Crippen LogP contribution in [-0.4, -0.2) is 42.3 Å². The van der Waals surface area contributed by atoms with E-state index >= 15 is 0 Å². The number of carbonyl (C=O) groups excluding carboxylic acids is 2. The maximum absolute atomic E-state index is 11.1. The highest BCUT2D eigenvalue weighted by molar-refractivity contribution is 5.86. The summed E-state index contributed by atoms with van der Waals surface area (Å²) in [4.78, 5) is 32.4. The van der Waals surface area contributed by atoms with Crippen molar-refractivity contribution in [2.75, 3.05) is 7.11 Å². The van der Waals surface area contributed by atoms with Crippen molar-refractivity contribution < 1.29 is 24.2 Å². The topological polar surface area (TPSA) is 105 Å². The first-order valence-electron chi connectivity index (χ1n) is 4.26. The molecule has 0 spiro atoms. The van der Waals surface area contributed by atoms with E-state index in [0.717, 1.165) is 0 Å². The number of carboxylic acid groups (broad SMARTS) is 1. The van der Waals surface area contributed by atoms with Gasteiger partial charge >= 0.3 is 18.0 Å². The first-order valence-corrected chi connectivity index (χ1v) is 4.26.